The Kier molecular flexibility index (Phi) is 4.74. The van der Waals surface area contributed by atoms with Crippen LogP contribution in [0.1, 0.15) is 42.6 Å². The van der Waals surface area contributed by atoms with Crippen LogP contribution < -0.4 is 0 Å². The van der Waals surface area contributed by atoms with E-state index in [4.69, 9.17) is 4.42 Å². The summed E-state index contributed by atoms with van der Waals surface area (Å²) >= 11 is 0. The number of rotatable bonds is 5. The minimum atomic E-state index is -0.0549. The Labute approximate surface area is 173 Å². The summed E-state index contributed by atoms with van der Waals surface area (Å²) in [6.07, 6.45) is 4.52. The van der Waals surface area contributed by atoms with Crippen molar-refractivity contribution in [2.45, 2.75) is 38.6 Å². The molecular weight excluding hydrogens is 380 g/mol. The van der Waals surface area contributed by atoms with E-state index < -0.39 is 0 Å². The molecule has 1 aromatic carbocycles. The summed E-state index contributed by atoms with van der Waals surface area (Å²) in [5.41, 5.74) is 2.84. The van der Waals surface area contributed by atoms with Crippen molar-refractivity contribution in [2.75, 3.05) is 6.54 Å². The van der Waals surface area contributed by atoms with E-state index in [2.05, 4.69) is 20.4 Å². The van der Waals surface area contributed by atoms with Gasteiger partial charge in [0.05, 0.1) is 6.04 Å². The van der Waals surface area contributed by atoms with Crippen LogP contribution in [-0.2, 0) is 11.2 Å². The predicted molar refractivity (Wildman–Crippen MR) is 109 cm³/mol. The third-order valence-corrected chi connectivity index (χ3v) is 5.53. The van der Waals surface area contributed by atoms with Crippen molar-refractivity contribution in [3.63, 3.8) is 0 Å². The van der Waals surface area contributed by atoms with E-state index in [1.807, 2.05) is 64.9 Å². The fourth-order valence-electron chi connectivity index (χ4n) is 3.95. The van der Waals surface area contributed by atoms with Crippen molar-refractivity contribution in [1.82, 2.24) is 29.7 Å². The van der Waals surface area contributed by atoms with Gasteiger partial charge in [0, 0.05) is 31.1 Å². The van der Waals surface area contributed by atoms with Gasteiger partial charge >= 0.3 is 0 Å². The molecule has 3 aromatic heterocycles. The van der Waals surface area contributed by atoms with Gasteiger partial charge in [0.2, 0.25) is 17.7 Å². The molecule has 0 spiro atoms. The molecule has 0 aliphatic carbocycles. The van der Waals surface area contributed by atoms with Gasteiger partial charge in [0.25, 0.3) is 0 Å². The van der Waals surface area contributed by atoms with Gasteiger partial charge in [-0.1, -0.05) is 23.8 Å². The van der Waals surface area contributed by atoms with Gasteiger partial charge in [0.15, 0.2) is 11.5 Å². The van der Waals surface area contributed by atoms with E-state index >= 15 is 0 Å². The van der Waals surface area contributed by atoms with Crippen LogP contribution in [0.5, 0.6) is 0 Å². The van der Waals surface area contributed by atoms with Crippen LogP contribution >= 0.6 is 0 Å². The lowest BCUT2D eigenvalue weighted by molar-refractivity contribution is -0.132. The first-order valence-corrected chi connectivity index (χ1v) is 10.2. The van der Waals surface area contributed by atoms with E-state index in [1.54, 1.807) is 0 Å². The van der Waals surface area contributed by atoms with Gasteiger partial charge < -0.3 is 9.32 Å². The zero-order valence-electron chi connectivity index (χ0n) is 16.7. The fourth-order valence-corrected chi connectivity index (χ4v) is 3.95. The molecule has 0 radical (unpaired) electrons. The second kappa shape index (κ2) is 7.70. The van der Waals surface area contributed by atoms with Crippen LogP contribution in [0.25, 0.3) is 17.1 Å². The maximum Gasteiger partial charge on any atom is 0.247 e. The summed E-state index contributed by atoms with van der Waals surface area (Å²) in [6.45, 7) is 2.76. The first-order valence-electron chi connectivity index (χ1n) is 10.2. The van der Waals surface area contributed by atoms with Crippen LogP contribution in [0, 0.1) is 6.92 Å². The van der Waals surface area contributed by atoms with E-state index in [0.717, 1.165) is 36.4 Å². The zero-order valence-corrected chi connectivity index (χ0v) is 16.7. The molecule has 1 saturated heterocycles. The number of benzene rings is 1. The van der Waals surface area contributed by atoms with Crippen LogP contribution in [0.15, 0.2) is 53.1 Å². The number of fused-ring (bicyclic) bond motifs is 1. The number of pyridine rings is 1. The lowest BCUT2D eigenvalue weighted by Crippen LogP contribution is -2.31. The number of likely N-dealkylation sites (tertiary alicyclic amines) is 1. The first kappa shape index (κ1) is 18.5. The van der Waals surface area contributed by atoms with Crippen LogP contribution in [0.3, 0.4) is 0 Å². The highest BCUT2D eigenvalue weighted by Crippen LogP contribution is 2.31. The molecule has 5 rings (SSSR count). The minimum Gasteiger partial charge on any atom is -0.421 e. The minimum absolute atomic E-state index is 0.0549. The Bertz CT molecular complexity index is 1180. The highest BCUT2D eigenvalue weighted by molar-refractivity contribution is 5.77. The molecule has 30 heavy (non-hydrogen) atoms. The number of hydrogen-bond acceptors (Lipinski definition) is 6. The Morgan fingerprint density at radius 1 is 1.10 bits per heavy atom. The maximum absolute atomic E-state index is 13.0. The van der Waals surface area contributed by atoms with Gasteiger partial charge in [-0.25, -0.2) is 0 Å². The topological polar surface area (TPSA) is 89.4 Å². The summed E-state index contributed by atoms with van der Waals surface area (Å²) in [7, 11) is 0. The van der Waals surface area contributed by atoms with Crippen molar-refractivity contribution in [3.8, 4) is 11.5 Å². The average molecular weight is 402 g/mol. The Hall–Kier alpha value is -3.55. The molecule has 1 unspecified atom stereocenters. The highest BCUT2D eigenvalue weighted by Gasteiger charge is 2.33. The summed E-state index contributed by atoms with van der Waals surface area (Å²) in [5.74, 6) is 1.84. The van der Waals surface area contributed by atoms with E-state index in [0.29, 0.717) is 24.6 Å². The molecule has 1 atom stereocenters. The Morgan fingerprint density at radius 2 is 1.97 bits per heavy atom. The van der Waals surface area contributed by atoms with E-state index in [-0.39, 0.29) is 11.9 Å². The largest absolute Gasteiger partial charge is 0.421 e. The second-order valence-electron chi connectivity index (χ2n) is 7.60. The molecule has 1 fully saturated rings. The molecule has 152 valence electrons. The summed E-state index contributed by atoms with van der Waals surface area (Å²) < 4.78 is 7.72. The molecule has 4 heterocycles. The van der Waals surface area contributed by atoms with Crippen LogP contribution in [-0.4, -0.2) is 42.1 Å². The van der Waals surface area contributed by atoms with Crippen molar-refractivity contribution < 1.29 is 9.21 Å². The number of amides is 1. The molecular formula is C22H22N6O2. The van der Waals surface area contributed by atoms with Crippen LogP contribution in [0.4, 0.5) is 0 Å². The first-order chi connectivity index (χ1) is 14.7. The molecule has 1 amide bonds. The number of aromatic nitrogens is 5. The number of carbonyl (C=O) groups is 1. The normalized spacial score (nSPS) is 16.4. The zero-order chi connectivity index (χ0) is 20.5. The standard InChI is InChI=1S/C22H22N6O2/c1-15-7-9-16(10-8-15)22-26-24-19(30-22)11-12-20(29)27-14-4-5-17(27)21-25-23-18-6-2-3-13-28(18)21/h2-3,6-10,13,17H,4-5,11-12,14H2,1H3. The molecule has 8 heteroatoms. The molecule has 1 aliphatic heterocycles. The molecule has 0 N–H and O–H groups in total. The molecule has 0 saturated carbocycles. The Balaban J connectivity index is 1.27. The van der Waals surface area contributed by atoms with Gasteiger partial charge in [0.1, 0.15) is 0 Å². The van der Waals surface area contributed by atoms with Crippen LogP contribution in [0.2, 0.25) is 0 Å². The molecule has 0 bridgehead atoms. The summed E-state index contributed by atoms with van der Waals surface area (Å²) in [6, 6.07) is 13.7. The number of aryl methyl sites for hydroxylation is 2. The molecule has 8 nitrogen and oxygen atoms in total. The Morgan fingerprint density at radius 3 is 2.83 bits per heavy atom. The molecule has 4 aromatic rings. The van der Waals surface area contributed by atoms with E-state index in [1.165, 1.54) is 5.56 Å². The maximum atomic E-state index is 13.0. The third kappa shape index (κ3) is 3.45. The lowest BCUT2D eigenvalue weighted by Gasteiger charge is -2.23. The van der Waals surface area contributed by atoms with Gasteiger partial charge in [-0.2, -0.15) is 0 Å². The van der Waals surface area contributed by atoms with Crippen molar-refractivity contribution in [1.29, 1.82) is 0 Å². The predicted octanol–water partition coefficient (Wildman–Crippen LogP) is 3.38. The number of nitrogens with zero attached hydrogens (tertiary/aromatic N) is 6. The van der Waals surface area contributed by atoms with Crippen molar-refractivity contribution >= 4 is 11.6 Å². The van der Waals surface area contributed by atoms with E-state index in [9.17, 15) is 4.79 Å². The average Bonchev–Trinajstić information content (AvgIpc) is 3.51. The summed E-state index contributed by atoms with van der Waals surface area (Å²) in [4.78, 5) is 14.9. The van der Waals surface area contributed by atoms with Crippen molar-refractivity contribution in [2.24, 2.45) is 0 Å². The van der Waals surface area contributed by atoms with Gasteiger partial charge in [-0.15, -0.1) is 20.4 Å². The lowest BCUT2D eigenvalue weighted by atomic mass is 10.1. The second-order valence-corrected chi connectivity index (χ2v) is 7.60. The van der Waals surface area contributed by atoms with Crippen molar-refractivity contribution in [3.05, 3.63) is 65.9 Å². The molecule has 1 aliphatic rings. The van der Waals surface area contributed by atoms with Gasteiger partial charge in [-0.05, 0) is 44.0 Å². The fraction of sp³-hybridized carbons (Fsp3) is 0.318. The number of carbonyl (C=O) groups excluding carboxylic acids is 1. The monoisotopic (exact) mass is 402 g/mol. The van der Waals surface area contributed by atoms with Gasteiger partial charge in [-0.3, -0.25) is 9.20 Å². The number of hydrogen-bond donors (Lipinski definition) is 0. The third-order valence-electron chi connectivity index (χ3n) is 5.53. The highest BCUT2D eigenvalue weighted by atomic mass is 16.4. The summed E-state index contributed by atoms with van der Waals surface area (Å²) in [5, 5.41) is 16.8. The quantitative estimate of drug-likeness (QED) is 0.508. The smallest absolute Gasteiger partial charge is 0.247 e. The SMILES string of the molecule is Cc1ccc(-c2nnc(CCC(=O)N3CCCC3c3nnc4ccccn34)o2)cc1.